The minimum Gasteiger partial charge on any atom is -0.508 e. The van der Waals surface area contributed by atoms with Gasteiger partial charge in [-0.1, -0.05) is 18.2 Å². The lowest BCUT2D eigenvalue weighted by Crippen LogP contribution is -2.09. The summed E-state index contributed by atoms with van der Waals surface area (Å²) in [6.07, 6.45) is 0.958. The van der Waals surface area contributed by atoms with Gasteiger partial charge in [-0.05, 0) is 42.3 Å². The molecule has 1 N–H and O–H groups in total. The average Bonchev–Trinajstić information content (AvgIpc) is 2.46. The Bertz CT molecular complexity index is 588. The molecule has 0 fully saturated rings. The first-order valence-electron chi connectivity index (χ1n) is 6.65. The number of anilines is 1. The van der Waals surface area contributed by atoms with Gasteiger partial charge in [0, 0.05) is 31.8 Å². The Labute approximate surface area is 119 Å². The fraction of sp³-hybridized carbons (Fsp3) is 0.235. The minimum absolute atomic E-state index is 0.0959. The molecule has 0 aliphatic heterocycles. The highest BCUT2D eigenvalue weighted by Crippen LogP contribution is 2.19. The van der Waals surface area contributed by atoms with Crippen LogP contribution in [0.3, 0.4) is 0 Å². The van der Waals surface area contributed by atoms with Crippen LogP contribution < -0.4 is 4.90 Å². The lowest BCUT2D eigenvalue weighted by molar-refractivity contribution is 0.0983. The van der Waals surface area contributed by atoms with Gasteiger partial charge in [-0.2, -0.15) is 0 Å². The van der Waals surface area contributed by atoms with Gasteiger partial charge in [-0.15, -0.1) is 0 Å². The Hall–Kier alpha value is -2.29. The number of hydrogen-bond acceptors (Lipinski definition) is 3. The van der Waals surface area contributed by atoms with E-state index in [0.717, 1.165) is 11.3 Å². The molecule has 0 saturated heterocycles. The molecule has 0 bridgehead atoms. The second kappa shape index (κ2) is 6.24. The number of Topliss-reactive ketones (excluding diaryl/α,β-unsaturated/α-hetero) is 1. The summed E-state index contributed by atoms with van der Waals surface area (Å²) in [4.78, 5) is 14.1. The molecule has 0 aromatic heterocycles. The third kappa shape index (κ3) is 3.38. The average molecular weight is 269 g/mol. The smallest absolute Gasteiger partial charge is 0.163 e. The summed E-state index contributed by atoms with van der Waals surface area (Å²) in [5, 5.41) is 9.67. The van der Waals surface area contributed by atoms with E-state index in [1.165, 1.54) is 0 Å². The number of rotatable bonds is 5. The fourth-order valence-corrected chi connectivity index (χ4v) is 2.06. The maximum absolute atomic E-state index is 12.1. The van der Waals surface area contributed by atoms with E-state index in [1.54, 1.807) is 12.1 Å². The van der Waals surface area contributed by atoms with E-state index in [9.17, 15) is 9.90 Å². The summed E-state index contributed by atoms with van der Waals surface area (Å²) in [6, 6.07) is 14.7. The van der Waals surface area contributed by atoms with Crippen molar-refractivity contribution in [1.29, 1.82) is 0 Å². The molecule has 2 rings (SSSR count). The maximum Gasteiger partial charge on any atom is 0.163 e. The predicted octanol–water partition coefficient (Wildman–Crippen LogP) is 3.27. The van der Waals surface area contributed by atoms with Crippen LogP contribution in [0.5, 0.6) is 5.75 Å². The number of aromatic hydroxyl groups is 1. The molecule has 0 saturated carbocycles. The van der Waals surface area contributed by atoms with Crippen LogP contribution in [0.2, 0.25) is 0 Å². The van der Waals surface area contributed by atoms with Crippen LogP contribution in [0.1, 0.15) is 22.3 Å². The summed E-state index contributed by atoms with van der Waals surface area (Å²) < 4.78 is 0. The maximum atomic E-state index is 12.1. The second-order valence-electron chi connectivity index (χ2n) is 4.99. The molecule has 0 heterocycles. The van der Waals surface area contributed by atoms with Gasteiger partial charge < -0.3 is 10.0 Å². The van der Waals surface area contributed by atoms with Crippen molar-refractivity contribution >= 4 is 11.5 Å². The molecule has 2 aromatic rings. The fourth-order valence-electron chi connectivity index (χ4n) is 2.06. The molecule has 0 atom stereocenters. The second-order valence-corrected chi connectivity index (χ2v) is 4.99. The summed E-state index contributed by atoms with van der Waals surface area (Å²) in [5.41, 5.74) is 2.60. The van der Waals surface area contributed by atoms with Crippen molar-refractivity contribution in [2.45, 2.75) is 12.8 Å². The first-order chi connectivity index (χ1) is 9.58. The quantitative estimate of drug-likeness (QED) is 0.847. The Kier molecular flexibility index (Phi) is 4.41. The number of phenols is 1. The SMILES string of the molecule is CN(C)c1ccc(C(=O)CCc2ccccc2O)cc1. The van der Waals surface area contributed by atoms with Crippen LogP contribution in [0, 0.1) is 0 Å². The molecule has 20 heavy (non-hydrogen) atoms. The van der Waals surface area contributed by atoms with E-state index in [1.807, 2.05) is 55.4 Å². The zero-order valence-corrected chi connectivity index (χ0v) is 11.8. The van der Waals surface area contributed by atoms with E-state index in [-0.39, 0.29) is 11.5 Å². The van der Waals surface area contributed by atoms with Crippen molar-refractivity contribution < 1.29 is 9.90 Å². The summed E-state index contributed by atoms with van der Waals surface area (Å²) in [7, 11) is 3.93. The number of benzene rings is 2. The normalized spacial score (nSPS) is 10.3. The number of ketones is 1. The molecular weight excluding hydrogens is 250 g/mol. The predicted molar refractivity (Wildman–Crippen MR) is 81.5 cm³/mol. The molecule has 3 heteroatoms. The van der Waals surface area contributed by atoms with E-state index in [0.29, 0.717) is 18.4 Å². The van der Waals surface area contributed by atoms with Gasteiger partial charge in [-0.3, -0.25) is 4.79 Å². The lowest BCUT2D eigenvalue weighted by atomic mass is 10.0. The van der Waals surface area contributed by atoms with Crippen molar-refractivity contribution in [2.75, 3.05) is 19.0 Å². The van der Waals surface area contributed by atoms with Crippen LogP contribution in [0.15, 0.2) is 48.5 Å². The van der Waals surface area contributed by atoms with Gasteiger partial charge >= 0.3 is 0 Å². The highest BCUT2D eigenvalue weighted by Gasteiger charge is 2.08. The lowest BCUT2D eigenvalue weighted by Gasteiger charge is -2.12. The monoisotopic (exact) mass is 269 g/mol. The Morgan fingerprint density at radius 2 is 1.70 bits per heavy atom. The molecule has 0 aliphatic rings. The van der Waals surface area contributed by atoms with Gasteiger partial charge in [-0.25, -0.2) is 0 Å². The molecule has 0 amide bonds. The molecule has 0 spiro atoms. The van der Waals surface area contributed by atoms with Crippen LogP contribution in [0.4, 0.5) is 5.69 Å². The molecule has 104 valence electrons. The van der Waals surface area contributed by atoms with Crippen molar-refractivity contribution in [3.05, 3.63) is 59.7 Å². The van der Waals surface area contributed by atoms with E-state index >= 15 is 0 Å². The molecule has 0 radical (unpaired) electrons. The van der Waals surface area contributed by atoms with Gasteiger partial charge in [0.1, 0.15) is 5.75 Å². The van der Waals surface area contributed by atoms with Crippen molar-refractivity contribution in [2.24, 2.45) is 0 Å². The molecule has 0 unspecified atom stereocenters. The molecule has 3 nitrogen and oxygen atoms in total. The zero-order valence-electron chi connectivity index (χ0n) is 11.8. The Morgan fingerprint density at radius 1 is 1.05 bits per heavy atom. The Balaban J connectivity index is 2.00. The minimum atomic E-state index is 0.0959. The Morgan fingerprint density at radius 3 is 2.30 bits per heavy atom. The standard InChI is InChI=1S/C17H19NO2/c1-18(2)15-10-7-14(8-11-15)17(20)12-9-13-5-3-4-6-16(13)19/h3-8,10-11,19H,9,12H2,1-2H3. The molecule has 0 aliphatic carbocycles. The largest absolute Gasteiger partial charge is 0.508 e. The third-order valence-electron chi connectivity index (χ3n) is 3.32. The molecular formula is C17H19NO2. The van der Waals surface area contributed by atoms with Crippen LogP contribution in [0.25, 0.3) is 0 Å². The number of carbonyl (C=O) groups excluding carboxylic acids is 1. The van der Waals surface area contributed by atoms with Crippen LogP contribution in [-0.2, 0) is 6.42 Å². The van der Waals surface area contributed by atoms with E-state index in [4.69, 9.17) is 0 Å². The third-order valence-corrected chi connectivity index (χ3v) is 3.32. The zero-order chi connectivity index (χ0) is 14.5. The van der Waals surface area contributed by atoms with Crippen LogP contribution in [-0.4, -0.2) is 25.0 Å². The highest BCUT2D eigenvalue weighted by molar-refractivity contribution is 5.96. The summed E-state index contributed by atoms with van der Waals surface area (Å²) in [6.45, 7) is 0. The van der Waals surface area contributed by atoms with Crippen molar-refractivity contribution in [1.82, 2.24) is 0 Å². The van der Waals surface area contributed by atoms with Gasteiger partial charge in [0.15, 0.2) is 5.78 Å². The number of para-hydroxylation sites is 1. The highest BCUT2D eigenvalue weighted by atomic mass is 16.3. The van der Waals surface area contributed by atoms with E-state index in [2.05, 4.69) is 0 Å². The summed E-state index contributed by atoms with van der Waals surface area (Å²) >= 11 is 0. The first-order valence-corrected chi connectivity index (χ1v) is 6.65. The first kappa shape index (κ1) is 14.1. The number of phenolic OH excluding ortho intramolecular Hbond substituents is 1. The van der Waals surface area contributed by atoms with Gasteiger partial charge in [0.25, 0.3) is 0 Å². The number of hydrogen-bond donors (Lipinski definition) is 1. The van der Waals surface area contributed by atoms with Gasteiger partial charge in [0.2, 0.25) is 0 Å². The number of nitrogens with zero attached hydrogens (tertiary/aromatic N) is 1. The van der Waals surface area contributed by atoms with Crippen molar-refractivity contribution in [3.63, 3.8) is 0 Å². The topological polar surface area (TPSA) is 40.5 Å². The summed E-state index contributed by atoms with van der Waals surface area (Å²) in [5.74, 6) is 0.349. The number of aryl methyl sites for hydroxylation is 1. The van der Waals surface area contributed by atoms with Crippen molar-refractivity contribution in [3.8, 4) is 5.75 Å². The van der Waals surface area contributed by atoms with Crippen LogP contribution >= 0.6 is 0 Å². The molecule has 2 aromatic carbocycles. The van der Waals surface area contributed by atoms with E-state index < -0.39 is 0 Å². The number of carbonyl (C=O) groups is 1. The van der Waals surface area contributed by atoms with Gasteiger partial charge in [0.05, 0.1) is 0 Å².